The van der Waals surface area contributed by atoms with E-state index < -0.39 is 17.2 Å². The number of hydrogen-bond donors (Lipinski definition) is 2. The van der Waals surface area contributed by atoms with Crippen molar-refractivity contribution in [3.8, 4) is 0 Å². The Morgan fingerprint density at radius 1 is 1.13 bits per heavy atom. The molecule has 2 aliphatic carbocycles. The topological polar surface area (TPSA) is 84.9 Å². The Hall–Kier alpha value is -1.44. The van der Waals surface area contributed by atoms with Crippen LogP contribution < -0.4 is 5.32 Å². The number of hydrogen-bond acceptors (Lipinski definition) is 7. The minimum atomic E-state index is -1.59. The molecular weight excluding hydrogens is 402 g/mol. The number of carbonyl (C=O) groups is 2. The van der Waals surface area contributed by atoms with Crippen molar-refractivity contribution in [2.45, 2.75) is 95.5 Å². The fraction of sp³-hybridized carbons (Fsp3) is 0.739. The minimum Gasteiger partial charge on any atom is -0.460 e. The molecule has 0 aromatic carbocycles. The van der Waals surface area contributed by atoms with E-state index in [0.29, 0.717) is 17.7 Å². The highest BCUT2D eigenvalue weighted by Gasteiger charge is 2.49. The van der Waals surface area contributed by atoms with Crippen molar-refractivity contribution >= 4 is 23.3 Å². The highest BCUT2D eigenvalue weighted by Crippen LogP contribution is 2.43. The molecule has 0 amide bonds. The second kappa shape index (κ2) is 9.79. The molecule has 0 spiro atoms. The van der Waals surface area contributed by atoms with Gasteiger partial charge in [-0.1, -0.05) is 6.07 Å². The van der Waals surface area contributed by atoms with Crippen LogP contribution in [0.25, 0.3) is 0 Å². The van der Waals surface area contributed by atoms with Crippen LogP contribution in [0.1, 0.15) is 77.0 Å². The van der Waals surface area contributed by atoms with Crippen molar-refractivity contribution in [1.29, 1.82) is 0 Å². The van der Waals surface area contributed by atoms with Crippen LogP contribution in [0.4, 0.5) is 0 Å². The molecular formula is C23H35NO5S. The van der Waals surface area contributed by atoms with Crippen molar-refractivity contribution in [2.75, 3.05) is 6.54 Å². The van der Waals surface area contributed by atoms with Crippen molar-refractivity contribution in [1.82, 2.24) is 5.32 Å². The molecule has 2 N–H and O–H groups in total. The number of nitrogens with one attached hydrogen (secondary N) is 1. The summed E-state index contributed by atoms with van der Waals surface area (Å²) in [6, 6.07) is 3.86. The second-order valence-electron chi connectivity index (χ2n) is 9.57. The SMILES string of the molecule is CC(C)(C)OC(=O)CNC1CCC([C@](O)(C(=O)OC2CCCC2)c2cccs2)CC1. The molecule has 7 heteroatoms. The molecule has 6 nitrogen and oxygen atoms in total. The molecule has 0 saturated heterocycles. The van der Waals surface area contributed by atoms with Gasteiger partial charge < -0.3 is 19.9 Å². The molecule has 1 atom stereocenters. The summed E-state index contributed by atoms with van der Waals surface area (Å²) >= 11 is 1.40. The average Bonchev–Trinajstić information content (AvgIpc) is 3.39. The van der Waals surface area contributed by atoms with Crippen LogP contribution in [0.5, 0.6) is 0 Å². The summed E-state index contributed by atoms with van der Waals surface area (Å²) in [5.74, 6) is -0.952. The van der Waals surface area contributed by atoms with Crippen LogP contribution in [-0.2, 0) is 24.7 Å². The summed E-state index contributed by atoms with van der Waals surface area (Å²) in [5, 5.41) is 16.8. The van der Waals surface area contributed by atoms with Gasteiger partial charge in [-0.05, 0) is 83.6 Å². The van der Waals surface area contributed by atoms with Crippen LogP contribution in [0.2, 0.25) is 0 Å². The monoisotopic (exact) mass is 437 g/mol. The normalized spacial score (nSPS) is 24.9. The number of rotatable bonds is 7. The van der Waals surface area contributed by atoms with Crippen molar-refractivity contribution in [3.05, 3.63) is 22.4 Å². The van der Waals surface area contributed by atoms with Crippen molar-refractivity contribution in [3.63, 3.8) is 0 Å². The summed E-state index contributed by atoms with van der Waals surface area (Å²) in [5.41, 5.74) is -2.08. The maximum absolute atomic E-state index is 13.1. The van der Waals surface area contributed by atoms with Crippen LogP contribution in [0.3, 0.4) is 0 Å². The van der Waals surface area contributed by atoms with Crippen LogP contribution in [0.15, 0.2) is 17.5 Å². The van der Waals surface area contributed by atoms with Crippen molar-refractivity contribution < 1.29 is 24.2 Å². The van der Waals surface area contributed by atoms with Gasteiger partial charge in [0.15, 0.2) is 5.60 Å². The van der Waals surface area contributed by atoms with E-state index in [9.17, 15) is 14.7 Å². The Morgan fingerprint density at radius 3 is 2.37 bits per heavy atom. The molecule has 2 aliphatic rings. The highest BCUT2D eigenvalue weighted by atomic mass is 32.1. The standard InChI is InChI=1S/C23H35NO5S/c1-22(2,3)29-20(25)15-24-17-12-10-16(11-13-17)23(27,19-9-6-14-30-19)21(26)28-18-7-4-5-8-18/h6,9,14,16-18,24,27H,4-5,7-8,10-13,15H2,1-3H3/t16?,17?,23-/m1/s1. The first-order valence-corrected chi connectivity index (χ1v) is 12.0. The predicted molar refractivity (Wildman–Crippen MR) is 116 cm³/mol. The molecule has 1 aromatic heterocycles. The maximum atomic E-state index is 13.1. The molecule has 2 saturated carbocycles. The zero-order valence-corrected chi connectivity index (χ0v) is 19.1. The van der Waals surface area contributed by atoms with Crippen molar-refractivity contribution in [2.24, 2.45) is 5.92 Å². The summed E-state index contributed by atoms with van der Waals surface area (Å²) in [6.07, 6.45) is 6.81. The third kappa shape index (κ3) is 5.83. The molecule has 168 valence electrons. The van der Waals surface area contributed by atoms with Crippen LogP contribution in [0, 0.1) is 5.92 Å². The van der Waals surface area contributed by atoms with Crippen LogP contribution >= 0.6 is 11.3 Å². The van der Waals surface area contributed by atoms with Gasteiger partial charge in [0.25, 0.3) is 0 Å². The average molecular weight is 438 g/mol. The predicted octanol–water partition coefficient (Wildman–Crippen LogP) is 3.91. The van der Waals surface area contributed by atoms with Gasteiger partial charge in [0, 0.05) is 16.8 Å². The highest BCUT2D eigenvalue weighted by molar-refractivity contribution is 7.10. The molecule has 3 rings (SSSR count). The van der Waals surface area contributed by atoms with E-state index in [1.54, 1.807) is 0 Å². The Bertz CT molecular complexity index is 700. The Kier molecular flexibility index (Phi) is 7.58. The van der Waals surface area contributed by atoms with E-state index in [4.69, 9.17) is 9.47 Å². The minimum absolute atomic E-state index is 0.0733. The Labute approximate surface area is 183 Å². The van der Waals surface area contributed by atoms with Gasteiger partial charge in [-0.3, -0.25) is 4.79 Å². The molecule has 0 radical (unpaired) electrons. The second-order valence-corrected chi connectivity index (χ2v) is 10.5. The van der Waals surface area contributed by atoms with Gasteiger partial charge in [0.1, 0.15) is 11.7 Å². The largest absolute Gasteiger partial charge is 0.460 e. The van der Waals surface area contributed by atoms with Gasteiger partial charge in [-0.2, -0.15) is 0 Å². The first kappa shape index (κ1) is 23.2. The van der Waals surface area contributed by atoms with E-state index in [0.717, 1.165) is 38.5 Å². The lowest BCUT2D eigenvalue weighted by Gasteiger charge is -2.38. The van der Waals surface area contributed by atoms with E-state index >= 15 is 0 Å². The quantitative estimate of drug-likeness (QED) is 0.629. The van der Waals surface area contributed by atoms with E-state index in [2.05, 4.69) is 5.32 Å². The van der Waals surface area contributed by atoms with E-state index in [1.807, 2.05) is 38.3 Å². The zero-order chi connectivity index (χ0) is 21.8. The molecule has 2 fully saturated rings. The van der Waals surface area contributed by atoms with Gasteiger partial charge in [0.05, 0.1) is 6.54 Å². The molecule has 1 heterocycles. The third-order valence-electron chi connectivity index (χ3n) is 6.06. The lowest BCUT2D eigenvalue weighted by Crippen LogP contribution is -2.48. The maximum Gasteiger partial charge on any atom is 0.344 e. The third-order valence-corrected chi connectivity index (χ3v) is 7.05. The van der Waals surface area contributed by atoms with E-state index in [1.165, 1.54) is 11.3 Å². The summed E-state index contributed by atoms with van der Waals surface area (Å²) in [6.45, 7) is 5.73. The molecule has 0 aliphatic heterocycles. The van der Waals surface area contributed by atoms with Gasteiger partial charge in [-0.15, -0.1) is 11.3 Å². The molecule has 30 heavy (non-hydrogen) atoms. The molecule has 0 bridgehead atoms. The number of carbonyl (C=O) groups excluding carboxylic acids is 2. The fourth-order valence-electron chi connectivity index (χ4n) is 4.53. The number of thiophene rings is 1. The first-order chi connectivity index (χ1) is 14.2. The molecule has 0 unspecified atom stereocenters. The van der Waals surface area contributed by atoms with Gasteiger partial charge >= 0.3 is 11.9 Å². The lowest BCUT2D eigenvalue weighted by molar-refractivity contribution is -0.180. The summed E-state index contributed by atoms with van der Waals surface area (Å²) in [7, 11) is 0. The van der Waals surface area contributed by atoms with Gasteiger partial charge in [-0.25, -0.2) is 4.79 Å². The fourth-order valence-corrected chi connectivity index (χ4v) is 5.42. The van der Waals surface area contributed by atoms with Crippen LogP contribution in [-0.4, -0.2) is 41.3 Å². The van der Waals surface area contributed by atoms with E-state index in [-0.39, 0.29) is 30.6 Å². The number of esters is 2. The Balaban J connectivity index is 1.58. The number of ether oxygens (including phenoxy) is 2. The Morgan fingerprint density at radius 2 is 1.80 bits per heavy atom. The summed E-state index contributed by atoms with van der Waals surface area (Å²) in [4.78, 5) is 25.7. The smallest absolute Gasteiger partial charge is 0.344 e. The molecule has 1 aromatic rings. The number of aliphatic hydroxyl groups is 1. The zero-order valence-electron chi connectivity index (χ0n) is 18.3. The summed E-state index contributed by atoms with van der Waals surface area (Å²) < 4.78 is 11.1. The van der Waals surface area contributed by atoms with Gasteiger partial charge in [0.2, 0.25) is 0 Å². The first-order valence-electron chi connectivity index (χ1n) is 11.1. The lowest BCUT2D eigenvalue weighted by atomic mass is 9.74.